The number of aryl methyl sites for hydroxylation is 1. The van der Waals surface area contributed by atoms with Gasteiger partial charge in [-0.1, -0.05) is 29.3 Å². The molecule has 3 aromatic rings. The van der Waals surface area contributed by atoms with Crippen molar-refractivity contribution in [1.29, 1.82) is 0 Å². The van der Waals surface area contributed by atoms with E-state index in [4.69, 9.17) is 20.8 Å². The number of aromatic hydroxyl groups is 1. The molecule has 0 atom stereocenters. The monoisotopic (exact) mass is 316 g/mol. The standard InChI is InChI=1S/C17H13ClO4/c1-9-3-5-13-11(7-9)16(19)15(17(20)22-13)10-4-6-14(21-2)12(18)8-10/h3-8,19H,1-2H3. The Balaban J connectivity index is 2.31. The van der Waals surface area contributed by atoms with Crippen molar-refractivity contribution in [3.63, 3.8) is 0 Å². The summed E-state index contributed by atoms with van der Waals surface area (Å²) < 4.78 is 10.4. The van der Waals surface area contributed by atoms with Crippen LogP contribution in [-0.4, -0.2) is 12.2 Å². The van der Waals surface area contributed by atoms with E-state index in [1.54, 1.807) is 30.3 Å². The average Bonchev–Trinajstić information content (AvgIpc) is 2.48. The van der Waals surface area contributed by atoms with Crippen molar-refractivity contribution in [2.75, 3.05) is 7.11 Å². The van der Waals surface area contributed by atoms with Gasteiger partial charge in [-0.25, -0.2) is 4.79 Å². The zero-order valence-electron chi connectivity index (χ0n) is 12.0. The summed E-state index contributed by atoms with van der Waals surface area (Å²) in [5.41, 5.74) is 1.24. The van der Waals surface area contributed by atoms with Gasteiger partial charge in [-0.2, -0.15) is 0 Å². The lowest BCUT2D eigenvalue weighted by Gasteiger charge is -2.09. The van der Waals surface area contributed by atoms with E-state index in [9.17, 15) is 9.90 Å². The predicted molar refractivity (Wildman–Crippen MR) is 85.9 cm³/mol. The Morgan fingerprint density at radius 1 is 1.18 bits per heavy atom. The van der Waals surface area contributed by atoms with Crippen molar-refractivity contribution < 1.29 is 14.3 Å². The fourth-order valence-electron chi connectivity index (χ4n) is 2.38. The first-order valence-corrected chi connectivity index (χ1v) is 6.99. The molecule has 5 heteroatoms. The van der Waals surface area contributed by atoms with Crippen molar-refractivity contribution in [3.8, 4) is 22.6 Å². The number of ether oxygens (including phenoxy) is 1. The maximum atomic E-state index is 12.2. The summed E-state index contributed by atoms with van der Waals surface area (Å²) in [6.07, 6.45) is 0. The predicted octanol–water partition coefficient (Wildman–Crippen LogP) is 4.14. The van der Waals surface area contributed by atoms with Gasteiger partial charge in [0, 0.05) is 0 Å². The van der Waals surface area contributed by atoms with Gasteiger partial charge >= 0.3 is 5.63 Å². The molecule has 0 unspecified atom stereocenters. The van der Waals surface area contributed by atoms with E-state index in [-0.39, 0.29) is 11.3 Å². The van der Waals surface area contributed by atoms with Gasteiger partial charge in [0.1, 0.15) is 22.6 Å². The molecule has 0 saturated heterocycles. The van der Waals surface area contributed by atoms with Gasteiger partial charge in [0.05, 0.1) is 17.5 Å². The van der Waals surface area contributed by atoms with Gasteiger partial charge in [-0.15, -0.1) is 0 Å². The smallest absolute Gasteiger partial charge is 0.347 e. The van der Waals surface area contributed by atoms with Crippen LogP contribution < -0.4 is 10.4 Å². The van der Waals surface area contributed by atoms with E-state index in [1.807, 2.05) is 13.0 Å². The summed E-state index contributed by atoms with van der Waals surface area (Å²) in [4.78, 5) is 12.2. The number of hydrogen-bond donors (Lipinski definition) is 1. The number of hydrogen-bond acceptors (Lipinski definition) is 4. The first-order valence-electron chi connectivity index (χ1n) is 6.61. The molecule has 0 radical (unpaired) electrons. The maximum Gasteiger partial charge on any atom is 0.347 e. The first-order chi connectivity index (χ1) is 10.5. The zero-order valence-corrected chi connectivity index (χ0v) is 12.8. The second-order valence-electron chi connectivity index (χ2n) is 4.96. The maximum absolute atomic E-state index is 12.2. The lowest BCUT2D eigenvalue weighted by atomic mass is 10.0. The molecule has 0 aliphatic heterocycles. The Labute approximate surface area is 131 Å². The van der Waals surface area contributed by atoms with Gasteiger partial charge < -0.3 is 14.3 Å². The highest BCUT2D eigenvalue weighted by molar-refractivity contribution is 6.32. The molecular formula is C17H13ClO4. The van der Waals surface area contributed by atoms with Crippen molar-refractivity contribution in [1.82, 2.24) is 0 Å². The molecule has 0 fully saturated rings. The van der Waals surface area contributed by atoms with Gasteiger partial charge in [-0.05, 0) is 36.8 Å². The van der Waals surface area contributed by atoms with E-state index < -0.39 is 5.63 Å². The van der Waals surface area contributed by atoms with Crippen LogP contribution in [0.15, 0.2) is 45.6 Å². The van der Waals surface area contributed by atoms with E-state index in [0.717, 1.165) is 5.56 Å². The highest BCUT2D eigenvalue weighted by Crippen LogP contribution is 2.36. The number of benzene rings is 2. The Morgan fingerprint density at radius 3 is 2.64 bits per heavy atom. The third kappa shape index (κ3) is 2.31. The van der Waals surface area contributed by atoms with Crippen molar-refractivity contribution in [3.05, 3.63) is 57.4 Å². The Bertz CT molecular complexity index is 928. The van der Waals surface area contributed by atoms with Crippen molar-refractivity contribution in [2.24, 2.45) is 0 Å². The summed E-state index contributed by atoms with van der Waals surface area (Å²) in [5, 5.41) is 11.3. The third-order valence-electron chi connectivity index (χ3n) is 3.47. The molecule has 0 bridgehead atoms. The van der Waals surface area contributed by atoms with Crippen LogP contribution in [0.2, 0.25) is 5.02 Å². The molecule has 1 N–H and O–H groups in total. The van der Waals surface area contributed by atoms with Gasteiger partial charge in [-0.3, -0.25) is 0 Å². The van der Waals surface area contributed by atoms with Crippen LogP contribution in [0.3, 0.4) is 0 Å². The van der Waals surface area contributed by atoms with E-state index in [0.29, 0.717) is 27.3 Å². The molecule has 1 aromatic heterocycles. The largest absolute Gasteiger partial charge is 0.506 e. The van der Waals surface area contributed by atoms with Gasteiger partial charge in [0.2, 0.25) is 0 Å². The molecule has 0 aliphatic carbocycles. The Morgan fingerprint density at radius 2 is 1.95 bits per heavy atom. The van der Waals surface area contributed by atoms with Crippen LogP contribution in [0.1, 0.15) is 5.56 Å². The molecule has 3 rings (SSSR count). The highest BCUT2D eigenvalue weighted by atomic mass is 35.5. The van der Waals surface area contributed by atoms with Crippen LogP contribution in [0, 0.1) is 6.92 Å². The molecular weight excluding hydrogens is 304 g/mol. The molecule has 0 aliphatic rings. The minimum Gasteiger partial charge on any atom is -0.506 e. The van der Waals surface area contributed by atoms with Gasteiger partial charge in [0.25, 0.3) is 0 Å². The summed E-state index contributed by atoms with van der Waals surface area (Å²) in [6.45, 7) is 1.90. The topological polar surface area (TPSA) is 59.7 Å². The minimum atomic E-state index is -0.616. The van der Waals surface area contributed by atoms with E-state index in [1.165, 1.54) is 7.11 Å². The third-order valence-corrected chi connectivity index (χ3v) is 3.77. The van der Waals surface area contributed by atoms with Crippen LogP contribution in [-0.2, 0) is 0 Å². The van der Waals surface area contributed by atoms with Crippen molar-refractivity contribution in [2.45, 2.75) is 6.92 Å². The number of rotatable bonds is 2. The van der Waals surface area contributed by atoms with Crippen molar-refractivity contribution >= 4 is 22.6 Å². The zero-order chi connectivity index (χ0) is 15.9. The van der Waals surface area contributed by atoms with E-state index >= 15 is 0 Å². The summed E-state index contributed by atoms with van der Waals surface area (Å²) >= 11 is 6.09. The fraction of sp³-hybridized carbons (Fsp3) is 0.118. The summed E-state index contributed by atoms with van der Waals surface area (Å²) in [6, 6.07) is 10.1. The Kier molecular flexibility index (Phi) is 3.54. The lowest BCUT2D eigenvalue weighted by Crippen LogP contribution is -2.03. The lowest BCUT2D eigenvalue weighted by molar-refractivity contribution is 0.415. The molecule has 0 saturated carbocycles. The first kappa shape index (κ1) is 14.5. The van der Waals surface area contributed by atoms with Crippen LogP contribution >= 0.6 is 11.6 Å². The van der Waals surface area contributed by atoms with Crippen LogP contribution in [0.4, 0.5) is 0 Å². The molecule has 112 valence electrons. The average molecular weight is 317 g/mol. The molecule has 2 aromatic carbocycles. The molecule has 1 heterocycles. The molecule has 0 spiro atoms. The van der Waals surface area contributed by atoms with Crippen LogP contribution in [0.5, 0.6) is 11.5 Å². The summed E-state index contributed by atoms with van der Waals surface area (Å²) in [5.74, 6) is 0.377. The summed E-state index contributed by atoms with van der Waals surface area (Å²) in [7, 11) is 1.51. The SMILES string of the molecule is COc1ccc(-c2c(O)c3cc(C)ccc3oc2=O)cc1Cl. The second kappa shape index (κ2) is 5.39. The quantitative estimate of drug-likeness (QED) is 0.722. The molecule has 22 heavy (non-hydrogen) atoms. The minimum absolute atomic E-state index is 0.0858. The molecule has 4 nitrogen and oxygen atoms in total. The van der Waals surface area contributed by atoms with Crippen LogP contribution in [0.25, 0.3) is 22.1 Å². The Hall–Kier alpha value is -2.46. The number of fused-ring (bicyclic) bond motifs is 1. The highest BCUT2D eigenvalue weighted by Gasteiger charge is 2.17. The second-order valence-corrected chi connectivity index (χ2v) is 5.37. The fourth-order valence-corrected chi connectivity index (χ4v) is 2.63. The number of methoxy groups -OCH3 is 1. The normalized spacial score (nSPS) is 10.9. The van der Waals surface area contributed by atoms with E-state index in [2.05, 4.69) is 0 Å². The molecule has 0 amide bonds. The van der Waals surface area contributed by atoms with Gasteiger partial charge in [0.15, 0.2) is 0 Å². The number of halogens is 1.